The first-order valence-corrected chi connectivity index (χ1v) is 6.37. The van der Waals surface area contributed by atoms with Gasteiger partial charge in [0.15, 0.2) is 0 Å². The monoisotopic (exact) mass is 285 g/mol. The second-order valence-corrected chi connectivity index (χ2v) is 4.67. The third-order valence-corrected chi connectivity index (χ3v) is 3.22. The molecule has 6 heteroatoms. The highest BCUT2D eigenvalue weighted by Gasteiger charge is 2.30. The lowest BCUT2D eigenvalue weighted by atomic mass is 10.1. The first kappa shape index (κ1) is 13.6. The SMILES string of the molecule is O=C(NCc1ccsc1)c1cccc(C(F)(F)F)c1. The molecule has 0 unspecified atom stereocenters. The molecule has 0 spiro atoms. The van der Waals surface area contributed by atoms with Gasteiger partial charge < -0.3 is 5.32 Å². The van der Waals surface area contributed by atoms with E-state index >= 15 is 0 Å². The van der Waals surface area contributed by atoms with Crippen LogP contribution in [-0.2, 0) is 12.7 Å². The molecular formula is C13H10F3NOS. The predicted molar refractivity (Wildman–Crippen MR) is 66.9 cm³/mol. The number of hydrogen-bond acceptors (Lipinski definition) is 2. The van der Waals surface area contributed by atoms with Crippen molar-refractivity contribution in [2.24, 2.45) is 0 Å². The number of amides is 1. The van der Waals surface area contributed by atoms with Crippen molar-refractivity contribution in [3.8, 4) is 0 Å². The smallest absolute Gasteiger partial charge is 0.348 e. The lowest BCUT2D eigenvalue weighted by Gasteiger charge is -2.09. The Morgan fingerprint density at radius 2 is 2.05 bits per heavy atom. The van der Waals surface area contributed by atoms with Gasteiger partial charge in [-0.3, -0.25) is 4.79 Å². The Morgan fingerprint density at radius 1 is 1.26 bits per heavy atom. The summed E-state index contributed by atoms with van der Waals surface area (Å²) in [6.45, 7) is 0.304. The Kier molecular flexibility index (Phi) is 3.90. The van der Waals surface area contributed by atoms with Gasteiger partial charge in [0, 0.05) is 12.1 Å². The van der Waals surface area contributed by atoms with Crippen molar-refractivity contribution in [2.75, 3.05) is 0 Å². The Balaban J connectivity index is 2.07. The van der Waals surface area contributed by atoms with Gasteiger partial charge in [-0.05, 0) is 40.6 Å². The van der Waals surface area contributed by atoms with E-state index in [4.69, 9.17) is 0 Å². The van der Waals surface area contributed by atoms with Crippen LogP contribution in [0.1, 0.15) is 21.5 Å². The molecule has 0 aliphatic carbocycles. The molecule has 0 radical (unpaired) electrons. The van der Waals surface area contributed by atoms with Crippen LogP contribution in [0.5, 0.6) is 0 Å². The molecule has 2 nitrogen and oxygen atoms in total. The van der Waals surface area contributed by atoms with Crippen LogP contribution < -0.4 is 5.32 Å². The standard InChI is InChI=1S/C13H10F3NOS/c14-13(15,16)11-3-1-2-10(6-11)12(18)17-7-9-4-5-19-8-9/h1-6,8H,7H2,(H,17,18). The summed E-state index contributed by atoms with van der Waals surface area (Å²) in [5.41, 5.74) is 0.103. The summed E-state index contributed by atoms with van der Waals surface area (Å²) in [7, 11) is 0. The van der Waals surface area contributed by atoms with Gasteiger partial charge in [0.1, 0.15) is 0 Å². The topological polar surface area (TPSA) is 29.1 Å². The highest BCUT2D eigenvalue weighted by Crippen LogP contribution is 2.29. The molecule has 1 aromatic heterocycles. The van der Waals surface area contributed by atoms with Gasteiger partial charge in [0.25, 0.3) is 5.91 Å². The van der Waals surface area contributed by atoms with E-state index in [2.05, 4.69) is 5.32 Å². The molecule has 0 bridgehead atoms. The van der Waals surface area contributed by atoms with E-state index in [1.165, 1.54) is 23.5 Å². The van der Waals surface area contributed by atoms with Crippen LogP contribution in [0.3, 0.4) is 0 Å². The molecule has 0 aliphatic heterocycles. The summed E-state index contributed by atoms with van der Waals surface area (Å²) < 4.78 is 37.5. The number of carbonyl (C=O) groups excluding carboxylic acids is 1. The zero-order valence-electron chi connectivity index (χ0n) is 9.70. The van der Waals surface area contributed by atoms with Crippen molar-refractivity contribution < 1.29 is 18.0 Å². The second kappa shape index (κ2) is 5.44. The van der Waals surface area contributed by atoms with Crippen LogP contribution in [-0.4, -0.2) is 5.91 Å². The molecule has 0 aliphatic rings. The molecule has 0 saturated heterocycles. The molecule has 1 amide bonds. The fraction of sp³-hybridized carbons (Fsp3) is 0.154. The fourth-order valence-corrected chi connectivity index (χ4v) is 2.18. The maximum atomic E-state index is 12.5. The molecule has 0 fully saturated rings. The van der Waals surface area contributed by atoms with E-state index in [-0.39, 0.29) is 5.56 Å². The van der Waals surface area contributed by atoms with Crippen molar-refractivity contribution in [2.45, 2.75) is 12.7 Å². The minimum Gasteiger partial charge on any atom is -0.348 e. The fourth-order valence-electron chi connectivity index (χ4n) is 1.51. The normalized spacial score (nSPS) is 11.3. The number of alkyl halides is 3. The summed E-state index contributed by atoms with van der Waals surface area (Å²) in [6, 6.07) is 6.22. The summed E-state index contributed by atoms with van der Waals surface area (Å²) in [5, 5.41) is 6.31. The predicted octanol–water partition coefficient (Wildman–Crippen LogP) is 3.70. The Bertz CT molecular complexity index is 564. The number of halogens is 3. The van der Waals surface area contributed by atoms with Crippen LogP contribution in [0.15, 0.2) is 41.1 Å². The minimum absolute atomic E-state index is 0.00468. The van der Waals surface area contributed by atoms with Gasteiger partial charge in [-0.1, -0.05) is 6.07 Å². The van der Waals surface area contributed by atoms with Crippen LogP contribution >= 0.6 is 11.3 Å². The number of rotatable bonds is 3. The zero-order valence-corrected chi connectivity index (χ0v) is 10.5. The van der Waals surface area contributed by atoms with Crippen molar-refractivity contribution in [1.29, 1.82) is 0 Å². The van der Waals surface area contributed by atoms with Gasteiger partial charge in [0.2, 0.25) is 0 Å². The summed E-state index contributed by atoms with van der Waals surface area (Å²) in [6.07, 6.45) is -4.44. The number of benzene rings is 1. The third kappa shape index (κ3) is 3.57. The van der Waals surface area contributed by atoms with Crippen molar-refractivity contribution in [3.63, 3.8) is 0 Å². The van der Waals surface area contributed by atoms with Gasteiger partial charge in [-0.25, -0.2) is 0 Å². The summed E-state index contributed by atoms with van der Waals surface area (Å²) in [5.74, 6) is -0.516. The highest BCUT2D eigenvalue weighted by molar-refractivity contribution is 7.07. The summed E-state index contributed by atoms with van der Waals surface area (Å²) >= 11 is 1.49. The number of thiophene rings is 1. The van der Waals surface area contributed by atoms with E-state index in [1.54, 1.807) is 0 Å². The molecule has 1 heterocycles. The van der Waals surface area contributed by atoms with E-state index in [0.717, 1.165) is 17.7 Å². The Hall–Kier alpha value is -1.82. The highest BCUT2D eigenvalue weighted by atomic mass is 32.1. The molecular weight excluding hydrogens is 275 g/mol. The number of carbonyl (C=O) groups is 1. The number of hydrogen-bond donors (Lipinski definition) is 1. The van der Waals surface area contributed by atoms with Crippen LogP contribution in [0.4, 0.5) is 13.2 Å². The molecule has 19 heavy (non-hydrogen) atoms. The lowest BCUT2D eigenvalue weighted by molar-refractivity contribution is -0.137. The van der Waals surface area contributed by atoms with E-state index in [0.29, 0.717) is 6.54 Å². The van der Waals surface area contributed by atoms with Crippen molar-refractivity contribution in [1.82, 2.24) is 5.32 Å². The van der Waals surface area contributed by atoms with Gasteiger partial charge in [-0.15, -0.1) is 0 Å². The lowest BCUT2D eigenvalue weighted by Crippen LogP contribution is -2.23. The number of nitrogens with one attached hydrogen (secondary N) is 1. The molecule has 100 valence electrons. The average Bonchev–Trinajstić information content (AvgIpc) is 2.88. The molecule has 1 N–H and O–H groups in total. The summed E-state index contributed by atoms with van der Waals surface area (Å²) in [4.78, 5) is 11.7. The Labute approximate surface area is 111 Å². The quantitative estimate of drug-likeness (QED) is 0.915. The maximum absolute atomic E-state index is 12.5. The molecule has 1 aromatic carbocycles. The van der Waals surface area contributed by atoms with E-state index < -0.39 is 17.6 Å². The van der Waals surface area contributed by atoms with Crippen LogP contribution in [0, 0.1) is 0 Å². The zero-order chi connectivity index (χ0) is 13.9. The first-order chi connectivity index (χ1) is 8.97. The molecule has 0 atom stereocenters. The third-order valence-electron chi connectivity index (χ3n) is 2.49. The van der Waals surface area contributed by atoms with E-state index in [1.807, 2.05) is 16.8 Å². The molecule has 2 rings (SSSR count). The van der Waals surface area contributed by atoms with Crippen molar-refractivity contribution >= 4 is 17.2 Å². The van der Waals surface area contributed by atoms with Crippen LogP contribution in [0.25, 0.3) is 0 Å². The largest absolute Gasteiger partial charge is 0.416 e. The van der Waals surface area contributed by atoms with Gasteiger partial charge >= 0.3 is 6.18 Å². The van der Waals surface area contributed by atoms with Crippen molar-refractivity contribution in [3.05, 3.63) is 57.8 Å². The van der Waals surface area contributed by atoms with E-state index in [9.17, 15) is 18.0 Å². The first-order valence-electron chi connectivity index (χ1n) is 5.43. The van der Waals surface area contributed by atoms with Gasteiger partial charge in [-0.2, -0.15) is 24.5 Å². The van der Waals surface area contributed by atoms with Crippen LogP contribution in [0.2, 0.25) is 0 Å². The molecule has 0 saturated carbocycles. The molecule has 2 aromatic rings. The average molecular weight is 285 g/mol. The second-order valence-electron chi connectivity index (χ2n) is 3.89. The maximum Gasteiger partial charge on any atom is 0.416 e. The Morgan fingerprint density at radius 3 is 2.68 bits per heavy atom. The van der Waals surface area contributed by atoms with Gasteiger partial charge in [0.05, 0.1) is 5.56 Å². The minimum atomic E-state index is -4.44.